The van der Waals surface area contributed by atoms with Gasteiger partial charge in [-0.3, -0.25) is 9.69 Å². The molecule has 1 saturated heterocycles. The Morgan fingerprint density at radius 3 is 2.82 bits per heavy atom. The van der Waals surface area contributed by atoms with E-state index in [1.54, 1.807) is 0 Å². The average Bonchev–Trinajstić information content (AvgIpc) is 2.96. The van der Waals surface area contributed by atoms with Crippen molar-refractivity contribution >= 4 is 27.5 Å². The summed E-state index contributed by atoms with van der Waals surface area (Å²) in [5, 5.41) is 0.896. The Morgan fingerprint density at radius 2 is 2.05 bits per heavy atom. The zero-order chi connectivity index (χ0) is 15.4. The summed E-state index contributed by atoms with van der Waals surface area (Å²) >= 11 is 3.38. The second-order valence-corrected chi connectivity index (χ2v) is 6.42. The first-order valence-electron chi connectivity index (χ1n) is 7.75. The normalized spacial score (nSPS) is 16.3. The SMILES string of the molecule is O=C(CCCBr)N1CCN(Cc2cnc3ccccn23)CC1. The van der Waals surface area contributed by atoms with Crippen molar-refractivity contribution < 1.29 is 4.79 Å². The molecule has 3 heterocycles. The lowest BCUT2D eigenvalue weighted by Gasteiger charge is -2.34. The highest BCUT2D eigenvalue weighted by Gasteiger charge is 2.21. The van der Waals surface area contributed by atoms with Crippen LogP contribution in [0.4, 0.5) is 0 Å². The van der Waals surface area contributed by atoms with Crippen LogP contribution in [0.3, 0.4) is 0 Å². The number of hydrogen-bond acceptors (Lipinski definition) is 3. The van der Waals surface area contributed by atoms with Gasteiger partial charge in [0.1, 0.15) is 5.65 Å². The standard InChI is InChI=1S/C16H21BrN4O/c17-6-3-5-16(22)20-10-8-19(9-11-20)13-14-12-18-15-4-1-2-7-21(14)15/h1-2,4,7,12H,3,5-6,8-11,13H2. The van der Waals surface area contributed by atoms with Gasteiger partial charge in [0.25, 0.3) is 0 Å². The van der Waals surface area contributed by atoms with Gasteiger partial charge >= 0.3 is 0 Å². The first-order chi connectivity index (χ1) is 10.8. The van der Waals surface area contributed by atoms with Crippen LogP contribution in [0.25, 0.3) is 5.65 Å². The lowest BCUT2D eigenvalue weighted by atomic mass is 10.2. The lowest BCUT2D eigenvalue weighted by Crippen LogP contribution is -2.48. The van der Waals surface area contributed by atoms with Crippen LogP contribution in [-0.4, -0.2) is 56.6 Å². The van der Waals surface area contributed by atoms with Crippen LogP contribution in [0.2, 0.25) is 0 Å². The first kappa shape index (κ1) is 15.5. The van der Waals surface area contributed by atoms with Crippen molar-refractivity contribution in [1.29, 1.82) is 0 Å². The molecular weight excluding hydrogens is 344 g/mol. The Bertz CT molecular complexity index is 634. The molecule has 0 bridgehead atoms. The fourth-order valence-electron chi connectivity index (χ4n) is 2.86. The summed E-state index contributed by atoms with van der Waals surface area (Å²) in [6, 6.07) is 6.05. The van der Waals surface area contributed by atoms with E-state index in [1.165, 1.54) is 5.69 Å². The van der Waals surface area contributed by atoms with E-state index < -0.39 is 0 Å². The van der Waals surface area contributed by atoms with Gasteiger partial charge in [0.15, 0.2) is 0 Å². The highest BCUT2D eigenvalue weighted by atomic mass is 79.9. The van der Waals surface area contributed by atoms with E-state index >= 15 is 0 Å². The predicted octanol–water partition coefficient (Wildman–Crippen LogP) is 2.15. The van der Waals surface area contributed by atoms with Gasteiger partial charge in [-0.15, -0.1) is 0 Å². The molecule has 0 saturated carbocycles. The van der Waals surface area contributed by atoms with E-state index in [9.17, 15) is 4.79 Å². The highest BCUT2D eigenvalue weighted by molar-refractivity contribution is 9.09. The maximum atomic E-state index is 12.0. The molecule has 1 aliphatic rings. The minimum absolute atomic E-state index is 0.286. The molecule has 2 aromatic heterocycles. The second-order valence-electron chi connectivity index (χ2n) is 5.63. The summed E-state index contributed by atoms with van der Waals surface area (Å²) in [4.78, 5) is 20.8. The van der Waals surface area contributed by atoms with E-state index in [2.05, 4.69) is 36.4 Å². The number of amides is 1. The molecule has 3 rings (SSSR count). The Labute approximate surface area is 139 Å². The van der Waals surface area contributed by atoms with E-state index in [1.807, 2.05) is 29.3 Å². The molecule has 5 nitrogen and oxygen atoms in total. The smallest absolute Gasteiger partial charge is 0.222 e. The fraction of sp³-hybridized carbons (Fsp3) is 0.500. The second kappa shape index (κ2) is 7.24. The fourth-order valence-corrected chi connectivity index (χ4v) is 3.14. The molecule has 0 atom stereocenters. The molecule has 0 aliphatic carbocycles. The topological polar surface area (TPSA) is 40.9 Å². The molecule has 0 aromatic carbocycles. The van der Waals surface area contributed by atoms with Gasteiger partial charge in [-0.05, 0) is 18.6 Å². The number of hydrogen-bond donors (Lipinski definition) is 0. The van der Waals surface area contributed by atoms with Crippen molar-refractivity contribution in [2.24, 2.45) is 0 Å². The van der Waals surface area contributed by atoms with Crippen LogP contribution >= 0.6 is 15.9 Å². The number of pyridine rings is 1. The van der Waals surface area contributed by atoms with Gasteiger partial charge in [-0.25, -0.2) is 4.98 Å². The third kappa shape index (κ3) is 3.50. The van der Waals surface area contributed by atoms with Crippen molar-refractivity contribution in [2.45, 2.75) is 19.4 Å². The van der Waals surface area contributed by atoms with Crippen molar-refractivity contribution in [3.05, 3.63) is 36.3 Å². The predicted molar refractivity (Wildman–Crippen MR) is 90.1 cm³/mol. The van der Waals surface area contributed by atoms with E-state index in [-0.39, 0.29) is 5.91 Å². The Morgan fingerprint density at radius 1 is 1.23 bits per heavy atom. The van der Waals surface area contributed by atoms with Gasteiger partial charge < -0.3 is 9.30 Å². The molecule has 118 valence electrons. The van der Waals surface area contributed by atoms with Crippen LogP contribution in [0.1, 0.15) is 18.5 Å². The number of fused-ring (bicyclic) bond motifs is 1. The van der Waals surface area contributed by atoms with E-state index in [4.69, 9.17) is 0 Å². The van der Waals surface area contributed by atoms with Gasteiger partial charge in [-0.2, -0.15) is 0 Å². The van der Waals surface area contributed by atoms with Crippen molar-refractivity contribution in [3.8, 4) is 0 Å². The van der Waals surface area contributed by atoms with Crippen molar-refractivity contribution in [1.82, 2.24) is 19.2 Å². The zero-order valence-electron chi connectivity index (χ0n) is 12.6. The average molecular weight is 365 g/mol. The molecule has 22 heavy (non-hydrogen) atoms. The van der Waals surface area contributed by atoms with Crippen molar-refractivity contribution in [2.75, 3.05) is 31.5 Å². The van der Waals surface area contributed by atoms with Crippen LogP contribution in [0, 0.1) is 0 Å². The molecule has 0 N–H and O–H groups in total. The highest BCUT2D eigenvalue weighted by Crippen LogP contribution is 2.12. The maximum Gasteiger partial charge on any atom is 0.222 e. The quantitative estimate of drug-likeness (QED) is 0.763. The number of halogens is 1. The zero-order valence-corrected chi connectivity index (χ0v) is 14.2. The summed E-state index contributed by atoms with van der Waals surface area (Å²) in [6.45, 7) is 4.41. The summed E-state index contributed by atoms with van der Waals surface area (Å²) in [5.41, 5.74) is 2.19. The monoisotopic (exact) mass is 364 g/mol. The van der Waals surface area contributed by atoms with Gasteiger partial charge in [0.05, 0.1) is 11.9 Å². The van der Waals surface area contributed by atoms with Crippen LogP contribution in [-0.2, 0) is 11.3 Å². The number of imidazole rings is 1. The number of carbonyl (C=O) groups is 1. The summed E-state index contributed by atoms with van der Waals surface area (Å²) in [6.07, 6.45) is 5.57. The molecule has 0 unspecified atom stereocenters. The molecular formula is C16H21BrN4O. The molecule has 0 spiro atoms. The van der Waals surface area contributed by atoms with E-state index in [0.29, 0.717) is 6.42 Å². The first-order valence-corrected chi connectivity index (χ1v) is 8.87. The molecule has 1 fully saturated rings. The molecule has 6 heteroatoms. The molecule has 2 aromatic rings. The third-order valence-electron chi connectivity index (χ3n) is 4.13. The maximum absolute atomic E-state index is 12.0. The van der Waals surface area contributed by atoms with Gasteiger partial charge in [-0.1, -0.05) is 22.0 Å². The summed E-state index contributed by atoms with van der Waals surface area (Å²) in [5.74, 6) is 0.286. The van der Waals surface area contributed by atoms with Crippen molar-refractivity contribution in [3.63, 3.8) is 0 Å². The minimum Gasteiger partial charge on any atom is -0.340 e. The summed E-state index contributed by atoms with van der Waals surface area (Å²) in [7, 11) is 0. The number of nitrogens with zero attached hydrogens (tertiary/aromatic N) is 4. The Balaban J connectivity index is 1.55. The Kier molecular flexibility index (Phi) is 5.10. The van der Waals surface area contributed by atoms with Crippen LogP contribution in [0.5, 0.6) is 0 Å². The minimum atomic E-state index is 0.286. The number of alkyl halides is 1. The Hall–Kier alpha value is -1.40. The molecule has 1 aliphatic heterocycles. The van der Waals surface area contributed by atoms with Gasteiger partial charge in [0.2, 0.25) is 5.91 Å². The third-order valence-corrected chi connectivity index (χ3v) is 4.69. The number of rotatable bonds is 5. The lowest BCUT2D eigenvalue weighted by molar-refractivity contribution is -0.133. The number of aromatic nitrogens is 2. The largest absolute Gasteiger partial charge is 0.340 e. The summed E-state index contributed by atoms with van der Waals surface area (Å²) < 4.78 is 2.13. The molecule has 1 amide bonds. The van der Waals surface area contributed by atoms with E-state index in [0.717, 1.165) is 50.1 Å². The van der Waals surface area contributed by atoms with Crippen LogP contribution < -0.4 is 0 Å². The van der Waals surface area contributed by atoms with Crippen LogP contribution in [0.15, 0.2) is 30.6 Å². The molecule has 0 radical (unpaired) electrons. The number of piperazine rings is 1. The number of carbonyl (C=O) groups excluding carboxylic acids is 1. The van der Waals surface area contributed by atoms with Gasteiger partial charge in [0, 0.05) is 50.7 Å².